The fourth-order valence-corrected chi connectivity index (χ4v) is 2.84. The Balaban J connectivity index is 2.01. The minimum absolute atomic E-state index is 0.539. The minimum Gasteiger partial charge on any atom is -0.493 e. The molecule has 1 fully saturated rings. The van der Waals surface area contributed by atoms with Crippen LogP contribution in [0.5, 0.6) is 11.5 Å². The first-order valence-corrected chi connectivity index (χ1v) is 7.32. The van der Waals surface area contributed by atoms with Crippen molar-refractivity contribution in [2.24, 2.45) is 0 Å². The third kappa shape index (κ3) is 3.64. The zero-order chi connectivity index (χ0) is 14.5. The molecule has 1 heterocycles. The average molecular weight is 278 g/mol. The first-order chi connectivity index (χ1) is 9.63. The largest absolute Gasteiger partial charge is 0.493 e. The Hall–Kier alpha value is -1.26. The van der Waals surface area contributed by atoms with Gasteiger partial charge in [0.25, 0.3) is 0 Å². The molecule has 0 spiro atoms. The van der Waals surface area contributed by atoms with Crippen molar-refractivity contribution in [2.45, 2.75) is 32.4 Å². The predicted octanol–water partition coefficient (Wildman–Crippen LogP) is 1.93. The van der Waals surface area contributed by atoms with E-state index in [1.165, 1.54) is 5.56 Å². The number of rotatable bonds is 5. The number of benzene rings is 1. The molecule has 20 heavy (non-hydrogen) atoms. The van der Waals surface area contributed by atoms with E-state index in [1.807, 2.05) is 6.07 Å². The summed E-state index contributed by atoms with van der Waals surface area (Å²) in [4.78, 5) is 2.55. The Morgan fingerprint density at radius 3 is 2.70 bits per heavy atom. The van der Waals surface area contributed by atoms with Gasteiger partial charge in [-0.1, -0.05) is 6.07 Å². The van der Waals surface area contributed by atoms with E-state index in [2.05, 4.69) is 36.2 Å². The second kappa shape index (κ2) is 6.95. The van der Waals surface area contributed by atoms with Crippen molar-refractivity contribution in [1.29, 1.82) is 0 Å². The third-order valence-corrected chi connectivity index (χ3v) is 4.00. The quantitative estimate of drug-likeness (QED) is 0.892. The maximum Gasteiger partial charge on any atom is 0.160 e. The van der Waals surface area contributed by atoms with Crippen LogP contribution in [0.15, 0.2) is 18.2 Å². The molecule has 0 saturated carbocycles. The highest BCUT2D eigenvalue weighted by atomic mass is 16.5. The number of hydrogen-bond donors (Lipinski definition) is 1. The predicted molar refractivity (Wildman–Crippen MR) is 81.7 cm³/mol. The molecule has 2 unspecified atom stereocenters. The standard InChI is InChI=1S/C16H26N2O2/c1-12-11-18(8-7-17-12)13(2)9-14-5-6-15(19-3)16(10-14)20-4/h5-6,10,12-13,17H,7-9,11H2,1-4H3. The highest BCUT2D eigenvalue weighted by Gasteiger charge is 2.20. The molecule has 1 aromatic rings. The van der Waals surface area contributed by atoms with Crippen LogP contribution < -0.4 is 14.8 Å². The summed E-state index contributed by atoms with van der Waals surface area (Å²) in [6.07, 6.45) is 1.03. The first kappa shape index (κ1) is 15.1. The van der Waals surface area contributed by atoms with Crippen LogP contribution in [-0.4, -0.2) is 50.8 Å². The van der Waals surface area contributed by atoms with Gasteiger partial charge in [0.15, 0.2) is 11.5 Å². The van der Waals surface area contributed by atoms with Gasteiger partial charge in [0.05, 0.1) is 14.2 Å². The normalized spacial score (nSPS) is 21.5. The van der Waals surface area contributed by atoms with Gasteiger partial charge in [-0.15, -0.1) is 0 Å². The van der Waals surface area contributed by atoms with Crippen LogP contribution in [0.1, 0.15) is 19.4 Å². The highest BCUT2D eigenvalue weighted by molar-refractivity contribution is 5.43. The molecule has 1 aliphatic rings. The van der Waals surface area contributed by atoms with Crippen molar-refractivity contribution in [3.8, 4) is 11.5 Å². The first-order valence-electron chi connectivity index (χ1n) is 7.32. The molecule has 4 heteroatoms. The molecular formula is C16H26N2O2. The molecular weight excluding hydrogens is 252 g/mol. The molecule has 0 aromatic heterocycles. The fourth-order valence-electron chi connectivity index (χ4n) is 2.84. The van der Waals surface area contributed by atoms with E-state index in [-0.39, 0.29) is 0 Å². The molecule has 0 aliphatic carbocycles. The average Bonchev–Trinajstić information content (AvgIpc) is 2.47. The van der Waals surface area contributed by atoms with Crippen molar-refractivity contribution in [2.75, 3.05) is 33.9 Å². The van der Waals surface area contributed by atoms with Crippen LogP contribution in [0.2, 0.25) is 0 Å². The van der Waals surface area contributed by atoms with Crippen LogP contribution in [-0.2, 0) is 6.42 Å². The summed E-state index contributed by atoms with van der Waals surface area (Å²) in [5, 5.41) is 3.49. The van der Waals surface area contributed by atoms with Gasteiger partial charge < -0.3 is 14.8 Å². The van der Waals surface area contributed by atoms with E-state index in [1.54, 1.807) is 14.2 Å². The Morgan fingerprint density at radius 2 is 2.05 bits per heavy atom. The van der Waals surface area contributed by atoms with Crippen LogP contribution in [0.3, 0.4) is 0 Å². The molecule has 1 N–H and O–H groups in total. The SMILES string of the molecule is COc1ccc(CC(C)N2CCNC(C)C2)cc1OC. The summed E-state index contributed by atoms with van der Waals surface area (Å²) in [5.74, 6) is 1.60. The zero-order valence-corrected chi connectivity index (χ0v) is 13.0. The lowest BCUT2D eigenvalue weighted by molar-refractivity contribution is 0.157. The molecule has 4 nitrogen and oxygen atoms in total. The van der Waals surface area contributed by atoms with E-state index in [9.17, 15) is 0 Å². The molecule has 112 valence electrons. The van der Waals surface area contributed by atoms with E-state index in [0.717, 1.165) is 37.6 Å². The number of nitrogens with zero attached hydrogens (tertiary/aromatic N) is 1. The Bertz CT molecular complexity index is 436. The smallest absolute Gasteiger partial charge is 0.160 e. The highest BCUT2D eigenvalue weighted by Crippen LogP contribution is 2.28. The third-order valence-electron chi connectivity index (χ3n) is 4.00. The number of nitrogens with one attached hydrogen (secondary N) is 1. The Kier molecular flexibility index (Phi) is 5.26. The number of ether oxygens (including phenoxy) is 2. The van der Waals surface area contributed by atoms with Crippen molar-refractivity contribution < 1.29 is 9.47 Å². The van der Waals surface area contributed by atoms with E-state index < -0.39 is 0 Å². The van der Waals surface area contributed by atoms with Gasteiger partial charge in [0.1, 0.15) is 0 Å². The van der Waals surface area contributed by atoms with Gasteiger partial charge in [0, 0.05) is 31.7 Å². The van der Waals surface area contributed by atoms with Gasteiger partial charge in [-0.05, 0) is 38.0 Å². The topological polar surface area (TPSA) is 33.7 Å². The van der Waals surface area contributed by atoms with Crippen LogP contribution >= 0.6 is 0 Å². The number of hydrogen-bond acceptors (Lipinski definition) is 4. The summed E-state index contributed by atoms with van der Waals surface area (Å²) < 4.78 is 10.7. The minimum atomic E-state index is 0.539. The van der Waals surface area contributed by atoms with E-state index in [0.29, 0.717) is 12.1 Å². The van der Waals surface area contributed by atoms with Crippen LogP contribution in [0, 0.1) is 0 Å². The summed E-state index contributed by atoms with van der Waals surface area (Å²) in [6.45, 7) is 7.87. The van der Waals surface area contributed by atoms with Crippen molar-refractivity contribution in [3.05, 3.63) is 23.8 Å². The van der Waals surface area contributed by atoms with Gasteiger partial charge in [-0.3, -0.25) is 4.90 Å². The van der Waals surface area contributed by atoms with Crippen LogP contribution in [0.4, 0.5) is 0 Å². The second-order valence-corrected chi connectivity index (χ2v) is 5.59. The summed E-state index contributed by atoms with van der Waals surface area (Å²) in [6, 6.07) is 7.32. The summed E-state index contributed by atoms with van der Waals surface area (Å²) in [7, 11) is 3.35. The lowest BCUT2D eigenvalue weighted by Gasteiger charge is -2.36. The Labute approximate surface area is 122 Å². The molecule has 2 atom stereocenters. The molecule has 0 radical (unpaired) electrons. The van der Waals surface area contributed by atoms with Gasteiger partial charge >= 0.3 is 0 Å². The molecule has 0 amide bonds. The van der Waals surface area contributed by atoms with Crippen molar-refractivity contribution >= 4 is 0 Å². The van der Waals surface area contributed by atoms with Gasteiger partial charge in [-0.2, -0.15) is 0 Å². The second-order valence-electron chi connectivity index (χ2n) is 5.59. The maximum atomic E-state index is 5.37. The monoisotopic (exact) mass is 278 g/mol. The fraction of sp³-hybridized carbons (Fsp3) is 0.625. The number of piperazine rings is 1. The molecule has 0 bridgehead atoms. The molecule has 1 aromatic carbocycles. The lowest BCUT2D eigenvalue weighted by atomic mass is 10.0. The van der Waals surface area contributed by atoms with Crippen molar-refractivity contribution in [3.63, 3.8) is 0 Å². The summed E-state index contributed by atoms with van der Waals surface area (Å²) in [5.41, 5.74) is 1.29. The number of methoxy groups -OCH3 is 2. The van der Waals surface area contributed by atoms with E-state index >= 15 is 0 Å². The zero-order valence-electron chi connectivity index (χ0n) is 13.0. The molecule has 1 saturated heterocycles. The van der Waals surface area contributed by atoms with Gasteiger partial charge in [0.2, 0.25) is 0 Å². The molecule has 1 aliphatic heterocycles. The summed E-state index contributed by atoms with van der Waals surface area (Å²) >= 11 is 0. The van der Waals surface area contributed by atoms with Crippen molar-refractivity contribution in [1.82, 2.24) is 10.2 Å². The van der Waals surface area contributed by atoms with Gasteiger partial charge in [-0.25, -0.2) is 0 Å². The lowest BCUT2D eigenvalue weighted by Crippen LogP contribution is -2.52. The van der Waals surface area contributed by atoms with E-state index in [4.69, 9.17) is 9.47 Å². The maximum absolute atomic E-state index is 5.37. The molecule has 2 rings (SSSR count). The van der Waals surface area contributed by atoms with Crippen LogP contribution in [0.25, 0.3) is 0 Å². The Morgan fingerprint density at radius 1 is 1.30 bits per heavy atom.